The van der Waals surface area contributed by atoms with E-state index in [1.54, 1.807) is 0 Å². The molecular formula is C58H39NO. The quantitative estimate of drug-likeness (QED) is 0.152. The van der Waals surface area contributed by atoms with E-state index in [2.05, 4.69) is 0 Å². The van der Waals surface area contributed by atoms with Crippen LogP contribution >= 0.6 is 0 Å². The lowest BCUT2D eigenvalue weighted by Gasteiger charge is -2.28. The third kappa shape index (κ3) is 6.41. The number of para-hydroxylation sites is 1. The van der Waals surface area contributed by atoms with Crippen LogP contribution in [0, 0.1) is 0 Å². The van der Waals surface area contributed by atoms with Gasteiger partial charge in [0.15, 0.2) is 0 Å². The molecule has 0 radical (unpaired) electrons. The Kier molecular flexibility index (Phi) is 3.34. The lowest BCUT2D eigenvalue weighted by molar-refractivity contribution is 0.672. The second-order valence-electron chi connectivity index (χ2n) is 12.3. The zero-order chi connectivity index (χ0) is 73.8. The van der Waals surface area contributed by atoms with Crippen LogP contribution in [-0.2, 0) is 0 Å². The van der Waals surface area contributed by atoms with Crippen LogP contribution in [0.5, 0.6) is 0 Å². The van der Waals surface area contributed by atoms with Crippen molar-refractivity contribution in [3.8, 4) is 55.6 Å². The van der Waals surface area contributed by atoms with E-state index in [0.29, 0.717) is 0 Å². The molecule has 0 saturated carbocycles. The molecule has 11 rings (SSSR count). The number of anilines is 3. The minimum atomic E-state index is -1.42. The first kappa shape index (κ1) is 13.3. The summed E-state index contributed by atoms with van der Waals surface area (Å²) < 4.78 is 360. The Morgan fingerprint density at radius 3 is 1.32 bits per heavy atom. The Morgan fingerprint density at radius 2 is 0.733 bits per heavy atom. The standard InChI is InChI=1S/C58H39NO/c1-4-14-40(15-5-1)43-24-28-46(29-25-43)50-20-12-13-23-56(50)59(48-34-32-45(33-35-48)42-18-8-3-9-19-42)49-36-37-57-54(38-49)55-39-53(51-21-10-11-22-52(51)58(55)60-57)47-30-26-44(27-31-47)41-16-6-2-7-17-41/h1-39H/i1D,2D,3D,4D,5D,6D,7D,8D,9D,10D,11D,12D,13D,14D,15D,16D,17D,18D,19D,20D,21D,22D,23D,24D,25D,26D,27D,28D,29D,30D,31D,32D,33D,34D,35D,36D,37D,38D,39D. The van der Waals surface area contributed by atoms with Crippen molar-refractivity contribution < 1.29 is 57.9 Å². The second-order valence-corrected chi connectivity index (χ2v) is 12.3. The summed E-state index contributed by atoms with van der Waals surface area (Å²) in [5.41, 5.74) is -15.5. The van der Waals surface area contributed by atoms with Crippen LogP contribution in [0.2, 0.25) is 0 Å². The highest BCUT2D eigenvalue weighted by molar-refractivity contribution is 6.19. The number of hydrogen-bond donors (Lipinski definition) is 0. The molecule has 0 spiro atoms. The molecule has 2 nitrogen and oxygen atoms in total. The van der Waals surface area contributed by atoms with E-state index in [0.717, 1.165) is 0 Å². The first-order valence-corrected chi connectivity index (χ1v) is 17.3. The van der Waals surface area contributed by atoms with E-state index in [4.69, 9.17) is 30.5 Å². The lowest BCUT2D eigenvalue weighted by Crippen LogP contribution is -2.11. The van der Waals surface area contributed by atoms with E-state index >= 15 is 0 Å². The van der Waals surface area contributed by atoms with Gasteiger partial charge in [-0.05, 0) is 97.8 Å². The highest BCUT2D eigenvalue weighted by Gasteiger charge is 2.21. The Bertz CT molecular complexity index is 5450. The molecule has 11 aromatic rings. The highest BCUT2D eigenvalue weighted by Crippen LogP contribution is 2.45. The van der Waals surface area contributed by atoms with Crippen molar-refractivity contribution in [3.05, 3.63) is 236 Å². The van der Waals surface area contributed by atoms with E-state index in [1.165, 1.54) is 0 Å². The van der Waals surface area contributed by atoms with Crippen LogP contribution < -0.4 is 4.90 Å². The van der Waals surface area contributed by atoms with Crippen LogP contribution in [0.3, 0.4) is 0 Å². The van der Waals surface area contributed by atoms with Gasteiger partial charge in [0, 0.05) is 33.1 Å². The van der Waals surface area contributed by atoms with E-state index in [9.17, 15) is 27.4 Å². The smallest absolute Gasteiger partial charge is 0.143 e. The Morgan fingerprint density at radius 1 is 0.300 bits per heavy atom. The minimum absolute atomic E-state index is 0.230. The molecule has 1 heterocycles. The number of fused-ring (bicyclic) bond motifs is 5. The van der Waals surface area contributed by atoms with Crippen molar-refractivity contribution in [1.29, 1.82) is 0 Å². The average molecular weight is 805 g/mol. The van der Waals surface area contributed by atoms with Crippen LogP contribution in [0.1, 0.15) is 53.5 Å². The third-order valence-electron chi connectivity index (χ3n) is 8.81. The summed E-state index contributed by atoms with van der Waals surface area (Å²) in [6.45, 7) is 0. The van der Waals surface area contributed by atoms with Crippen molar-refractivity contribution in [3.63, 3.8) is 0 Å². The van der Waals surface area contributed by atoms with Crippen LogP contribution in [0.4, 0.5) is 17.1 Å². The fourth-order valence-electron chi connectivity index (χ4n) is 6.14. The zero-order valence-corrected chi connectivity index (χ0v) is 29.9. The number of benzene rings is 10. The molecule has 282 valence electrons. The summed E-state index contributed by atoms with van der Waals surface area (Å²) in [7, 11) is 0. The van der Waals surface area contributed by atoms with Gasteiger partial charge < -0.3 is 9.32 Å². The number of nitrogens with zero attached hydrogens (tertiary/aromatic N) is 1. The molecule has 0 N–H and O–H groups in total. The topological polar surface area (TPSA) is 16.4 Å². The summed E-state index contributed by atoms with van der Waals surface area (Å²) in [5.74, 6) is 0. The first-order chi connectivity index (χ1) is 46.0. The summed E-state index contributed by atoms with van der Waals surface area (Å²) in [5, 5.41) is -3.35. The van der Waals surface area contributed by atoms with Gasteiger partial charge in [-0.1, -0.05) is 193 Å². The van der Waals surface area contributed by atoms with Crippen molar-refractivity contribution >= 4 is 49.8 Å². The van der Waals surface area contributed by atoms with Crippen molar-refractivity contribution in [2.45, 2.75) is 0 Å². The third-order valence-corrected chi connectivity index (χ3v) is 8.81. The van der Waals surface area contributed by atoms with Crippen LogP contribution in [-0.4, -0.2) is 0 Å². The molecule has 10 aromatic carbocycles. The monoisotopic (exact) mass is 805 g/mol. The number of hydrogen-bond acceptors (Lipinski definition) is 2. The molecule has 0 bridgehead atoms. The maximum Gasteiger partial charge on any atom is 0.143 e. The molecule has 2 heteroatoms. The van der Waals surface area contributed by atoms with Gasteiger partial charge >= 0.3 is 0 Å². The molecular weight excluding hydrogens is 727 g/mol. The summed E-state index contributed by atoms with van der Waals surface area (Å²) in [6, 6.07) is -44.6. The second kappa shape index (κ2) is 15.1. The van der Waals surface area contributed by atoms with Gasteiger partial charge in [0.25, 0.3) is 0 Å². The van der Waals surface area contributed by atoms with E-state index < -0.39 is 341 Å². The number of furan rings is 1. The molecule has 0 atom stereocenters. The molecule has 0 saturated heterocycles. The molecule has 0 aliphatic heterocycles. The van der Waals surface area contributed by atoms with Crippen LogP contribution in [0.25, 0.3) is 88.3 Å². The minimum Gasteiger partial charge on any atom is -0.455 e. The van der Waals surface area contributed by atoms with Crippen LogP contribution in [0.15, 0.2) is 240 Å². The molecule has 0 fully saturated rings. The Balaban J connectivity index is 1.37. The van der Waals surface area contributed by atoms with Crippen molar-refractivity contribution in [2.24, 2.45) is 0 Å². The molecule has 1 aromatic heterocycles. The van der Waals surface area contributed by atoms with Gasteiger partial charge in [-0.3, -0.25) is 0 Å². The largest absolute Gasteiger partial charge is 0.455 e. The lowest BCUT2D eigenvalue weighted by atomic mass is 9.94. The fraction of sp³-hybridized carbons (Fsp3) is 0. The highest BCUT2D eigenvalue weighted by atomic mass is 16.3. The summed E-state index contributed by atoms with van der Waals surface area (Å²) >= 11 is 0. The normalized spacial score (nSPS) is 20.4. The molecule has 0 aliphatic carbocycles. The summed E-state index contributed by atoms with van der Waals surface area (Å²) in [4.78, 5) is 0.230. The van der Waals surface area contributed by atoms with E-state index in [-0.39, 0.29) is 4.90 Å². The van der Waals surface area contributed by atoms with Gasteiger partial charge in [-0.2, -0.15) is 0 Å². The zero-order valence-electron chi connectivity index (χ0n) is 68.9. The van der Waals surface area contributed by atoms with Gasteiger partial charge in [-0.15, -0.1) is 0 Å². The Labute approximate surface area is 404 Å². The molecule has 0 unspecified atom stereocenters. The van der Waals surface area contributed by atoms with Gasteiger partial charge in [-0.25, -0.2) is 0 Å². The summed E-state index contributed by atoms with van der Waals surface area (Å²) in [6.07, 6.45) is 0. The molecule has 0 amide bonds. The maximum absolute atomic E-state index is 10.3. The van der Waals surface area contributed by atoms with Gasteiger partial charge in [0.2, 0.25) is 0 Å². The van der Waals surface area contributed by atoms with Gasteiger partial charge in [0.1, 0.15) is 11.2 Å². The molecule has 60 heavy (non-hydrogen) atoms. The van der Waals surface area contributed by atoms with Gasteiger partial charge in [0.05, 0.1) is 59.1 Å². The first-order valence-electron chi connectivity index (χ1n) is 36.8. The fourth-order valence-corrected chi connectivity index (χ4v) is 6.14. The van der Waals surface area contributed by atoms with Crippen molar-refractivity contribution in [1.82, 2.24) is 0 Å². The molecule has 0 aliphatic rings. The average Bonchev–Trinajstić information content (AvgIpc) is 1.69. The van der Waals surface area contributed by atoms with E-state index in [1.807, 2.05) is 0 Å². The number of rotatable bonds is 8. The SMILES string of the molecule is [2H]c1c([2H])c([2H])c(-c2c([2H])c([2H])c(-c3c([2H])c([2H])c([2H])c([2H])c3N(c3c([2H])c([2H])c(-c4c([2H])c([2H])c([2H])c([2H])c4[2H])c([2H])c3[2H])c3c([2H])c([2H])c4oc5c6c([2H])c([2H])c([2H])c([2H])c6c(-c6c([2H])c([2H])c(-c7c([2H])c([2H])c([2H])c([2H])c7[2H])c([2H])c6[2H])c([2H])c5c4c3[2H])c([2H])c2[2H])c([2H])c1[2H]. The van der Waals surface area contributed by atoms with Crippen molar-refractivity contribution in [2.75, 3.05) is 4.90 Å². The predicted molar refractivity (Wildman–Crippen MR) is 253 cm³/mol. The maximum atomic E-state index is 10.3. The Hall–Kier alpha value is -7.94. The predicted octanol–water partition coefficient (Wildman–Crippen LogP) is 16.5.